The molecule has 0 spiro atoms. The van der Waals surface area contributed by atoms with E-state index < -0.39 is 17.4 Å². The molecule has 0 aliphatic rings. The summed E-state index contributed by atoms with van der Waals surface area (Å²) in [5, 5.41) is 15.8. The number of carbonyl (C=O) groups excluding carboxylic acids is 2. The van der Waals surface area contributed by atoms with Gasteiger partial charge in [0.1, 0.15) is 0 Å². The van der Waals surface area contributed by atoms with E-state index in [2.05, 4.69) is 10.6 Å². The van der Waals surface area contributed by atoms with Crippen LogP contribution in [-0.4, -0.2) is 29.1 Å². The van der Waals surface area contributed by atoms with Gasteiger partial charge in [-0.05, 0) is 43.5 Å². The lowest BCUT2D eigenvalue weighted by Crippen LogP contribution is -2.47. The van der Waals surface area contributed by atoms with Gasteiger partial charge in [-0.25, -0.2) is 0 Å². The van der Waals surface area contributed by atoms with Crippen molar-refractivity contribution in [1.82, 2.24) is 5.32 Å². The van der Waals surface area contributed by atoms with Crippen LogP contribution >= 0.6 is 11.6 Å². The number of hydrogen-bond donors (Lipinski definition) is 3. The number of nitrogens with one attached hydrogen (secondary N) is 2. The molecule has 0 aliphatic heterocycles. The first-order chi connectivity index (χ1) is 10.2. The number of amides is 2. The fourth-order valence-corrected chi connectivity index (χ4v) is 2.13. The molecule has 122 valence electrons. The number of halogens is 1. The lowest BCUT2D eigenvalue weighted by atomic mass is 9.89. The molecule has 0 aliphatic carbocycles. The first-order valence-electron chi connectivity index (χ1n) is 7.25. The summed E-state index contributed by atoms with van der Waals surface area (Å²) in [6, 6.07) is 4.97. The van der Waals surface area contributed by atoms with Gasteiger partial charge in [-0.3, -0.25) is 9.59 Å². The predicted octanol–water partition coefficient (Wildman–Crippen LogP) is 2.50. The maximum atomic E-state index is 11.9. The van der Waals surface area contributed by atoms with Crippen LogP contribution in [0, 0.1) is 12.8 Å². The summed E-state index contributed by atoms with van der Waals surface area (Å²) in [5.74, 6) is -1.54. The molecular formula is C16H23ClN2O3. The van der Waals surface area contributed by atoms with Crippen molar-refractivity contribution in [1.29, 1.82) is 0 Å². The summed E-state index contributed by atoms with van der Waals surface area (Å²) in [7, 11) is 0. The highest BCUT2D eigenvalue weighted by molar-refractivity contribution is 6.39. The quantitative estimate of drug-likeness (QED) is 0.727. The third-order valence-corrected chi connectivity index (χ3v) is 4.16. The summed E-state index contributed by atoms with van der Waals surface area (Å²) in [5.41, 5.74) is 0.236. The first kappa shape index (κ1) is 18.5. The van der Waals surface area contributed by atoms with Crippen LogP contribution in [0.2, 0.25) is 5.02 Å². The van der Waals surface area contributed by atoms with Crippen LogP contribution in [0.25, 0.3) is 0 Å². The Balaban J connectivity index is 2.61. The van der Waals surface area contributed by atoms with Crippen molar-refractivity contribution < 1.29 is 14.7 Å². The molecule has 2 amide bonds. The molecule has 0 saturated carbocycles. The van der Waals surface area contributed by atoms with Gasteiger partial charge in [-0.15, -0.1) is 0 Å². The standard InChI is InChI=1S/C16H23ClN2O3/c1-5-11(3)16(4,22)9-18-14(20)15(21)19-13-7-6-12(17)8-10(13)2/h6-8,11,22H,5,9H2,1-4H3,(H,18,20)(H,19,21). The van der Waals surface area contributed by atoms with Gasteiger partial charge in [0.05, 0.1) is 5.60 Å². The zero-order chi connectivity index (χ0) is 16.9. The molecule has 0 aromatic heterocycles. The van der Waals surface area contributed by atoms with Gasteiger partial charge in [0.2, 0.25) is 0 Å². The Labute approximate surface area is 136 Å². The fraction of sp³-hybridized carbons (Fsp3) is 0.500. The molecule has 1 aromatic rings. The second-order valence-electron chi connectivity index (χ2n) is 5.76. The zero-order valence-electron chi connectivity index (χ0n) is 13.4. The topological polar surface area (TPSA) is 78.4 Å². The summed E-state index contributed by atoms with van der Waals surface area (Å²) in [6.07, 6.45) is 0.777. The van der Waals surface area contributed by atoms with Gasteiger partial charge in [0.15, 0.2) is 0 Å². The molecule has 1 aromatic carbocycles. The van der Waals surface area contributed by atoms with Crippen LogP contribution in [0.3, 0.4) is 0 Å². The van der Waals surface area contributed by atoms with E-state index in [1.165, 1.54) is 0 Å². The average molecular weight is 327 g/mol. The van der Waals surface area contributed by atoms with Crippen molar-refractivity contribution in [2.75, 3.05) is 11.9 Å². The van der Waals surface area contributed by atoms with E-state index in [0.717, 1.165) is 12.0 Å². The lowest BCUT2D eigenvalue weighted by Gasteiger charge is -2.29. The Morgan fingerprint density at radius 1 is 1.36 bits per heavy atom. The van der Waals surface area contributed by atoms with Crippen molar-refractivity contribution in [2.24, 2.45) is 5.92 Å². The van der Waals surface area contributed by atoms with E-state index in [4.69, 9.17) is 11.6 Å². The summed E-state index contributed by atoms with van der Waals surface area (Å²) >= 11 is 5.84. The van der Waals surface area contributed by atoms with Crippen molar-refractivity contribution >= 4 is 29.1 Å². The van der Waals surface area contributed by atoms with E-state index in [1.807, 2.05) is 13.8 Å². The molecule has 3 N–H and O–H groups in total. The number of aryl methyl sites for hydroxylation is 1. The average Bonchev–Trinajstić information content (AvgIpc) is 2.46. The van der Waals surface area contributed by atoms with E-state index in [0.29, 0.717) is 10.7 Å². The molecule has 1 rings (SSSR count). The Bertz CT molecular complexity index is 558. The molecule has 0 radical (unpaired) electrons. The van der Waals surface area contributed by atoms with Crippen LogP contribution < -0.4 is 10.6 Å². The van der Waals surface area contributed by atoms with Crippen LogP contribution in [0.5, 0.6) is 0 Å². The highest BCUT2D eigenvalue weighted by atomic mass is 35.5. The minimum atomic E-state index is -1.05. The number of benzene rings is 1. The number of anilines is 1. The molecule has 0 fully saturated rings. The second kappa shape index (κ2) is 7.61. The van der Waals surface area contributed by atoms with E-state index >= 15 is 0 Å². The Kier molecular flexibility index (Phi) is 6.38. The molecule has 0 bridgehead atoms. The largest absolute Gasteiger partial charge is 0.388 e. The SMILES string of the molecule is CCC(C)C(C)(O)CNC(=O)C(=O)Nc1ccc(Cl)cc1C. The van der Waals surface area contributed by atoms with Crippen LogP contribution in [0.1, 0.15) is 32.8 Å². The van der Waals surface area contributed by atoms with Gasteiger partial charge in [0.25, 0.3) is 0 Å². The number of rotatable bonds is 5. The van der Waals surface area contributed by atoms with E-state index in [-0.39, 0.29) is 12.5 Å². The van der Waals surface area contributed by atoms with Gasteiger partial charge in [0, 0.05) is 17.3 Å². The third kappa shape index (κ3) is 5.00. The highest BCUT2D eigenvalue weighted by Gasteiger charge is 2.28. The molecule has 0 saturated heterocycles. The second-order valence-corrected chi connectivity index (χ2v) is 6.20. The fourth-order valence-electron chi connectivity index (χ4n) is 1.90. The Hall–Kier alpha value is -1.59. The number of carbonyl (C=O) groups is 2. The van der Waals surface area contributed by atoms with E-state index in [1.54, 1.807) is 32.0 Å². The van der Waals surface area contributed by atoms with Crippen LogP contribution in [0.4, 0.5) is 5.69 Å². The molecule has 0 heterocycles. The molecule has 22 heavy (non-hydrogen) atoms. The monoisotopic (exact) mass is 326 g/mol. The summed E-state index contributed by atoms with van der Waals surface area (Å²) in [4.78, 5) is 23.7. The van der Waals surface area contributed by atoms with Crippen molar-refractivity contribution in [3.05, 3.63) is 28.8 Å². The van der Waals surface area contributed by atoms with E-state index in [9.17, 15) is 14.7 Å². The number of hydrogen-bond acceptors (Lipinski definition) is 3. The predicted molar refractivity (Wildman–Crippen MR) is 87.9 cm³/mol. The highest BCUT2D eigenvalue weighted by Crippen LogP contribution is 2.20. The minimum absolute atomic E-state index is 0.00868. The van der Waals surface area contributed by atoms with Crippen LogP contribution in [0.15, 0.2) is 18.2 Å². The number of aliphatic hydroxyl groups is 1. The first-order valence-corrected chi connectivity index (χ1v) is 7.63. The Morgan fingerprint density at radius 3 is 2.55 bits per heavy atom. The molecule has 5 nitrogen and oxygen atoms in total. The Morgan fingerprint density at radius 2 is 2.00 bits per heavy atom. The third-order valence-electron chi connectivity index (χ3n) is 3.92. The molecule has 2 unspecified atom stereocenters. The minimum Gasteiger partial charge on any atom is -0.388 e. The van der Waals surface area contributed by atoms with Gasteiger partial charge < -0.3 is 15.7 Å². The smallest absolute Gasteiger partial charge is 0.313 e. The van der Waals surface area contributed by atoms with Crippen LogP contribution in [-0.2, 0) is 9.59 Å². The lowest BCUT2D eigenvalue weighted by molar-refractivity contribution is -0.137. The maximum Gasteiger partial charge on any atom is 0.313 e. The summed E-state index contributed by atoms with van der Waals surface area (Å²) < 4.78 is 0. The molecule has 2 atom stereocenters. The van der Waals surface area contributed by atoms with Crippen molar-refractivity contribution in [3.8, 4) is 0 Å². The van der Waals surface area contributed by atoms with Gasteiger partial charge in [-0.1, -0.05) is 31.9 Å². The molecule has 6 heteroatoms. The molecular weight excluding hydrogens is 304 g/mol. The van der Waals surface area contributed by atoms with Gasteiger partial charge >= 0.3 is 11.8 Å². The van der Waals surface area contributed by atoms with Crippen molar-refractivity contribution in [2.45, 2.75) is 39.7 Å². The zero-order valence-corrected chi connectivity index (χ0v) is 14.1. The van der Waals surface area contributed by atoms with Crippen molar-refractivity contribution in [3.63, 3.8) is 0 Å². The van der Waals surface area contributed by atoms with Gasteiger partial charge in [-0.2, -0.15) is 0 Å². The summed E-state index contributed by atoms with van der Waals surface area (Å²) in [6.45, 7) is 7.30. The maximum absolute atomic E-state index is 11.9. The normalized spacial score (nSPS) is 14.8.